The molecule has 0 aliphatic rings. The van der Waals surface area contributed by atoms with Crippen molar-refractivity contribution in [2.45, 2.75) is 38.6 Å². The van der Waals surface area contributed by atoms with Crippen LogP contribution in [0.15, 0.2) is 29.1 Å². The van der Waals surface area contributed by atoms with Gasteiger partial charge in [0.15, 0.2) is 0 Å². The number of furan rings is 1. The summed E-state index contributed by atoms with van der Waals surface area (Å²) in [6, 6.07) is 4.37. The topological polar surface area (TPSA) is 55.9 Å². The molecule has 1 atom stereocenters. The summed E-state index contributed by atoms with van der Waals surface area (Å²) in [6.07, 6.45) is 7.37. The van der Waals surface area contributed by atoms with Crippen LogP contribution in [0.3, 0.4) is 0 Å². The zero-order chi connectivity index (χ0) is 13.5. The largest absolute Gasteiger partial charge is 0.469 e. The summed E-state index contributed by atoms with van der Waals surface area (Å²) in [5.74, 6) is 2.06. The summed E-state index contributed by atoms with van der Waals surface area (Å²) in [6.45, 7) is 3.21. The normalized spacial score (nSPS) is 12.7. The van der Waals surface area contributed by atoms with E-state index in [0.717, 1.165) is 43.8 Å². The minimum absolute atomic E-state index is 0.410. The zero-order valence-corrected chi connectivity index (χ0v) is 11.7. The van der Waals surface area contributed by atoms with Crippen molar-refractivity contribution >= 4 is 0 Å². The van der Waals surface area contributed by atoms with Crippen LogP contribution in [0, 0.1) is 0 Å². The Morgan fingerprint density at radius 1 is 1.47 bits per heavy atom. The molecule has 2 heterocycles. The average Bonchev–Trinajstić information content (AvgIpc) is 3.05. The van der Waals surface area contributed by atoms with E-state index in [9.17, 15) is 0 Å². The minimum Gasteiger partial charge on any atom is -0.469 e. The summed E-state index contributed by atoms with van der Waals surface area (Å²) in [4.78, 5) is 4.30. The molecule has 0 radical (unpaired) electrons. The number of nitrogens with one attached hydrogen (secondary N) is 1. The van der Waals surface area contributed by atoms with Gasteiger partial charge >= 0.3 is 0 Å². The highest BCUT2D eigenvalue weighted by atomic mass is 16.3. The van der Waals surface area contributed by atoms with Crippen LogP contribution >= 0.6 is 0 Å². The summed E-state index contributed by atoms with van der Waals surface area (Å²) in [5.41, 5.74) is 0. The molecule has 0 saturated heterocycles. The van der Waals surface area contributed by atoms with Crippen molar-refractivity contribution < 1.29 is 4.42 Å². The Labute approximate surface area is 114 Å². The fourth-order valence-corrected chi connectivity index (χ4v) is 2.12. The van der Waals surface area contributed by atoms with Crippen LogP contribution in [0.5, 0.6) is 0 Å². The summed E-state index contributed by atoms with van der Waals surface area (Å²) in [5, 5.41) is 7.69. The maximum atomic E-state index is 5.39. The molecule has 0 saturated carbocycles. The molecule has 0 aliphatic carbocycles. The Hall–Kier alpha value is -1.62. The number of hydrogen-bond donors (Lipinski definition) is 1. The first-order valence-corrected chi connectivity index (χ1v) is 6.88. The molecule has 104 valence electrons. The monoisotopic (exact) mass is 262 g/mol. The van der Waals surface area contributed by atoms with Crippen LogP contribution in [-0.4, -0.2) is 27.4 Å². The first-order valence-electron chi connectivity index (χ1n) is 6.88. The Morgan fingerprint density at radius 3 is 3.00 bits per heavy atom. The summed E-state index contributed by atoms with van der Waals surface area (Å²) < 4.78 is 7.23. The van der Waals surface area contributed by atoms with Crippen LogP contribution in [0.25, 0.3) is 0 Å². The van der Waals surface area contributed by atoms with Crippen molar-refractivity contribution in [1.29, 1.82) is 0 Å². The second kappa shape index (κ2) is 7.09. The van der Waals surface area contributed by atoms with Gasteiger partial charge in [0.05, 0.1) is 6.26 Å². The second-order valence-electron chi connectivity index (χ2n) is 4.77. The number of aryl methyl sites for hydroxylation is 2. The number of nitrogens with zero attached hydrogens (tertiary/aromatic N) is 3. The molecular weight excluding hydrogens is 240 g/mol. The molecule has 0 fully saturated rings. The Balaban J connectivity index is 1.89. The fraction of sp³-hybridized carbons (Fsp3) is 0.571. The van der Waals surface area contributed by atoms with Gasteiger partial charge in [0, 0.05) is 25.9 Å². The molecule has 1 N–H and O–H groups in total. The van der Waals surface area contributed by atoms with Gasteiger partial charge in [-0.3, -0.25) is 4.68 Å². The Kier molecular flexibility index (Phi) is 5.15. The van der Waals surface area contributed by atoms with Crippen molar-refractivity contribution in [2.24, 2.45) is 7.05 Å². The smallest absolute Gasteiger partial charge is 0.138 e. The molecule has 2 aromatic heterocycles. The van der Waals surface area contributed by atoms with E-state index in [4.69, 9.17) is 4.42 Å². The van der Waals surface area contributed by atoms with E-state index in [1.54, 1.807) is 12.6 Å². The van der Waals surface area contributed by atoms with E-state index in [0.29, 0.717) is 6.04 Å². The lowest BCUT2D eigenvalue weighted by molar-refractivity contribution is 0.432. The van der Waals surface area contributed by atoms with E-state index < -0.39 is 0 Å². The predicted molar refractivity (Wildman–Crippen MR) is 73.8 cm³/mol. The molecule has 19 heavy (non-hydrogen) atoms. The maximum absolute atomic E-state index is 5.39. The van der Waals surface area contributed by atoms with Gasteiger partial charge in [-0.2, -0.15) is 5.10 Å². The fourth-order valence-electron chi connectivity index (χ4n) is 2.12. The molecule has 2 rings (SSSR count). The maximum Gasteiger partial charge on any atom is 0.138 e. The zero-order valence-electron chi connectivity index (χ0n) is 11.7. The molecule has 0 amide bonds. The van der Waals surface area contributed by atoms with Gasteiger partial charge in [0.25, 0.3) is 0 Å². The van der Waals surface area contributed by atoms with E-state index in [2.05, 4.69) is 22.3 Å². The van der Waals surface area contributed by atoms with Crippen molar-refractivity contribution in [3.05, 3.63) is 36.3 Å². The molecule has 5 nitrogen and oxygen atoms in total. The SMILES string of the molecule is CCCNC(CCc1ccco1)Cc1ncnn1C. The lowest BCUT2D eigenvalue weighted by atomic mass is 10.1. The van der Waals surface area contributed by atoms with Crippen LogP contribution in [0.2, 0.25) is 0 Å². The summed E-state index contributed by atoms with van der Waals surface area (Å²) in [7, 11) is 1.94. The third-order valence-electron chi connectivity index (χ3n) is 3.24. The highest BCUT2D eigenvalue weighted by Crippen LogP contribution is 2.09. The van der Waals surface area contributed by atoms with Gasteiger partial charge < -0.3 is 9.73 Å². The predicted octanol–water partition coefficient (Wildman–Crippen LogP) is 1.95. The molecule has 0 aromatic carbocycles. The van der Waals surface area contributed by atoms with Crippen molar-refractivity contribution in [2.75, 3.05) is 6.54 Å². The number of aromatic nitrogens is 3. The highest BCUT2D eigenvalue weighted by Gasteiger charge is 2.13. The molecule has 0 aliphatic heterocycles. The van der Waals surface area contributed by atoms with Crippen LogP contribution in [-0.2, 0) is 19.9 Å². The van der Waals surface area contributed by atoms with Crippen LogP contribution < -0.4 is 5.32 Å². The van der Waals surface area contributed by atoms with Gasteiger partial charge in [0.2, 0.25) is 0 Å². The first kappa shape index (κ1) is 13.8. The molecule has 0 bridgehead atoms. The van der Waals surface area contributed by atoms with Gasteiger partial charge in [-0.05, 0) is 31.5 Å². The highest BCUT2D eigenvalue weighted by molar-refractivity contribution is 4.99. The average molecular weight is 262 g/mol. The van der Waals surface area contributed by atoms with Gasteiger partial charge in [-0.25, -0.2) is 4.98 Å². The molecule has 1 unspecified atom stereocenters. The van der Waals surface area contributed by atoms with Crippen LogP contribution in [0.4, 0.5) is 0 Å². The lowest BCUT2D eigenvalue weighted by Crippen LogP contribution is -2.33. The number of rotatable bonds is 8. The van der Waals surface area contributed by atoms with E-state index >= 15 is 0 Å². The van der Waals surface area contributed by atoms with Crippen LogP contribution in [0.1, 0.15) is 31.4 Å². The molecule has 5 heteroatoms. The quantitative estimate of drug-likeness (QED) is 0.790. The third kappa shape index (κ3) is 4.21. The van der Waals surface area contributed by atoms with Crippen molar-refractivity contribution in [1.82, 2.24) is 20.1 Å². The third-order valence-corrected chi connectivity index (χ3v) is 3.24. The molecular formula is C14H22N4O. The summed E-state index contributed by atoms with van der Waals surface area (Å²) >= 11 is 0. The van der Waals surface area contributed by atoms with Gasteiger partial charge in [-0.15, -0.1) is 0 Å². The molecule has 0 spiro atoms. The Bertz CT molecular complexity index is 464. The molecule has 2 aromatic rings. The lowest BCUT2D eigenvalue weighted by Gasteiger charge is -2.17. The minimum atomic E-state index is 0.410. The van der Waals surface area contributed by atoms with E-state index in [1.807, 2.05) is 23.9 Å². The first-order chi connectivity index (χ1) is 9.29. The van der Waals surface area contributed by atoms with Crippen molar-refractivity contribution in [3.8, 4) is 0 Å². The Morgan fingerprint density at radius 2 is 2.37 bits per heavy atom. The van der Waals surface area contributed by atoms with E-state index in [-0.39, 0.29) is 0 Å². The van der Waals surface area contributed by atoms with Crippen molar-refractivity contribution in [3.63, 3.8) is 0 Å². The number of hydrogen-bond acceptors (Lipinski definition) is 4. The standard InChI is InChI=1S/C14H22N4O/c1-3-8-15-12(6-7-13-5-4-9-19-13)10-14-16-11-17-18(14)2/h4-5,9,11-12,15H,3,6-8,10H2,1-2H3. The second-order valence-corrected chi connectivity index (χ2v) is 4.77. The van der Waals surface area contributed by atoms with Gasteiger partial charge in [0.1, 0.15) is 17.9 Å². The van der Waals surface area contributed by atoms with E-state index in [1.165, 1.54) is 0 Å². The van der Waals surface area contributed by atoms with Gasteiger partial charge in [-0.1, -0.05) is 6.92 Å².